The van der Waals surface area contributed by atoms with Crippen LogP contribution >= 0.6 is 23.2 Å². The zero-order valence-corrected chi connectivity index (χ0v) is 15.1. The highest BCUT2D eigenvalue weighted by Gasteiger charge is 2.20. The van der Waals surface area contributed by atoms with Gasteiger partial charge in [0.1, 0.15) is 5.82 Å². The molecule has 7 heteroatoms. The molecule has 2 aromatic carbocycles. The third-order valence-corrected chi connectivity index (χ3v) is 4.65. The molecule has 1 heterocycles. The number of halogens is 3. The van der Waals surface area contributed by atoms with E-state index in [4.69, 9.17) is 23.2 Å². The zero-order chi connectivity index (χ0) is 18.0. The van der Waals surface area contributed by atoms with Gasteiger partial charge in [0.25, 0.3) is 0 Å². The summed E-state index contributed by atoms with van der Waals surface area (Å²) in [5, 5.41) is 1.20. The number of hydrogen-bond acceptors (Lipinski definition) is 4. The van der Waals surface area contributed by atoms with E-state index in [0.29, 0.717) is 10.0 Å². The molecule has 1 fully saturated rings. The van der Waals surface area contributed by atoms with Crippen molar-refractivity contribution in [3.8, 4) is 0 Å². The van der Waals surface area contributed by atoms with Crippen molar-refractivity contribution in [2.45, 2.75) is 0 Å². The van der Waals surface area contributed by atoms with Crippen molar-refractivity contribution in [3.05, 3.63) is 57.8 Å². The Balaban J connectivity index is 1.70. The minimum atomic E-state index is -0.674. The number of carbonyl (C=O) groups is 1. The van der Waals surface area contributed by atoms with Crippen molar-refractivity contribution in [1.82, 2.24) is 0 Å². The molecule has 3 rings (SSSR count). The van der Waals surface area contributed by atoms with Crippen LogP contribution in [0.15, 0.2) is 36.4 Å². The standard InChI is InChI=1S/C18H17Cl2FN2O2/c1-25-18(24)16-3-2-14(11-17(16)21)22-4-6-23(7-5-22)15-9-12(19)8-13(20)10-15/h2-3,8-11H,4-7H2,1H3. The molecular weight excluding hydrogens is 366 g/mol. The normalized spacial score (nSPS) is 14.6. The van der Waals surface area contributed by atoms with Gasteiger partial charge in [-0.3, -0.25) is 0 Å². The Kier molecular flexibility index (Phi) is 5.35. The van der Waals surface area contributed by atoms with Crippen molar-refractivity contribution in [2.75, 3.05) is 43.1 Å². The fourth-order valence-electron chi connectivity index (χ4n) is 2.92. The third kappa shape index (κ3) is 3.99. The van der Waals surface area contributed by atoms with E-state index in [0.717, 1.165) is 37.6 Å². The van der Waals surface area contributed by atoms with Gasteiger partial charge >= 0.3 is 5.97 Å². The highest BCUT2D eigenvalue weighted by atomic mass is 35.5. The maximum atomic E-state index is 14.1. The Bertz CT molecular complexity index is 772. The van der Waals surface area contributed by atoms with Crippen molar-refractivity contribution < 1.29 is 13.9 Å². The summed E-state index contributed by atoms with van der Waals surface area (Å²) in [4.78, 5) is 15.7. The van der Waals surface area contributed by atoms with Gasteiger partial charge in [0, 0.05) is 47.6 Å². The van der Waals surface area contributed by atoms with Gasteiger partial charge in [-0.25, -0.2) is 9.18 Å². The molecule has 0 saturated carbocycles. The van der Waals surface area contributed by atoms with Crippen LogP contribution in [0.4, 0.5) is 15.8 Å². The second-order valence-corrected chi connectivity index (χ2v) is 6.63. The molecule has 4 nitrogen and oxygen atoms in total. The molecule has 132 valence electrons. The first-order valence-corrected chi connectivity index (χ1v) is 8.57. The van der Waals surface area contributed by atoms with E-state index in [9.17, 15) is 9.18 Å². The summed E-state index contributed by atoms with van der Waals surface area (Å²) in [5.41, 5.74) is 1.66. The number of hydrogen-bond donors (Lipinski definition) is 0. The molecule has 1 saturated heterocycles. The van der Waals surface area contributed by atoms with Crippen LogP contribution in [0.5, 0.6) is 0 Å². The molecule has 0 aliphatic carbocycles. The fourth-order valence-corrected chi connectivity index (χ4v) is 3.44. The predicted octanol–water partition coefficient (Wildman–Crippen LogP) is 4.25. The second kappa shape index (κ2) is 7.50. The molecule has 0 atom stereocenters. The number of anilines is 2. The minimum Gasteiger partial charge on any atom is -0.465 e. The second-order valence-electron chi connectivity index (χ2n) is 5.76. The largest absolute Gasteiger partial charge is 0.465 e. The molecule has 0 bridgehead atoms. The van der Waals surface area contributed by atoms with E-state index in [2.05, 4.69) is 14.5 Å². The van der Waals surface area contributed by atoms with Crippen LogP contribution in [0.25, 0.3) is 0 Å². The summed E-state index contributed by atoms with van der Waals surface area (Å²) in [6.07, 6.45) is 0. The molecule has 0 spiro atoms. The monoisotopic (exact) mass is 382 g/mol. The zero-order valence-electron chi connectivity index (χ0n) is 13.6. The van der Waals surface area contributed by atoms with Crippen LogP contribution in [0, 0.1) is 5.82 Å². The van der Waals surface area contributed by atoms with E-state index < -0.39 is 11.8 Å². The van der Waals surface area contributed by atoms with Gasteiger partial charge in [0.2, 0.25) is 0 Å². The highest BCUT2D eigenvalue weighted by Crippen LogP contribution is 2.27. The molecule has 0 unspecified atom stereocenters. The van der Waals surface area contributed by atoms with Gasteiger partial charge in [-0.1, -0.05) is 23.2 Å². The number of benzene rings is 2. The molecule has 0 aromatic heterocycles. The molecule has 0 amide bonds. The van der Waals surface area contributed by atoms with Crippen molar-refractivity contribution >= 4 is 40.5 Å². The number of methoxy groups -OCH3 is 1. The van der Waals surface area contributed by atoms with Crippen LogP contribution in [-0.4, -0.2) is 39.3 Å². The lowest BCUT2D eigenvalue weighted by Gasteiger charge is -2.37. The molecule has 0 N–H and O–H groups in total. The molecule has 25 heavy (non-hydrogen) atoms. The van der Waals surface area contributed by atoms with Gasteiger partial charge in [0.05, 0.1) is 12.7 Å². The Morgan fingerprint density at radius 3 is 2.04 bits per heavy atom. The number of esters is 1. The van der Waals surface area contributed by atoms with Gasteiger partial charge in [-0.05, 0) is 36.4 Å². The van der Waals surface area contributed by atoms with Crippen molar-refractivity contribution in [3.63, 3.8) is 0 Å². The van der Waals surface area contributed by atoms with Gasteiger partial charge in [0.15, 0.2) is 0 Å². The molecule has 0 radical (unpaired) electrons. The van der Waals surface area contributed by atoms with Gasteiger partial charge < -0.3 is 14.5 Å². The molecule has 1 aliphatic heterocycles. The van der Waals surface area contributed by atoms with Crippen LogP contribution in [0.2, 0.25) is 10.0 Å². The summed E-state index contributed by atoms with van der Waals surface area (Å²) in [7, 11) is 1.23. The lowest BCUT2D eigenvalue weighted by molar-refractivity contribution is 0.0595. The maximum absolute atomic E-state index is 14.1. The van der Waals surface area contributed by atoms with Gasteiger partial charge in [-0.15, -0.1) is 0 Å². The fraction of sp³-hybridized carbons (Fsp3) is 0.278. The van der Waals surface area contributed by atoms with E-state index in [1.165, 1.54) is 19.2 Å². The highest BCUT2D eigenvalue weighted by molar-refractivity contribution is 6.35. The molecule has 1 aliphatic rings. The molecular formula is C18H17Cl2FN2O2. The van der Waals surface area contributed by atoms with E-state index in [1.807, 2.05) is 12.1 Å². The van der Waals surface area contributed by atoms with Crippen molar-refractivity contribution in [1.29, 1.82) is 0 Å². The van der Waals surface area contributed by atoms with Crippen LogP contribution in [-0.2, 0) is 4.74 Å². The first-order valence-electron chi connectivity index (χ1n) is 7.82. The maximum Gasteiger partial charge on any atom is 0.340 e. The Hall–Kier alpha value is -1.98. The first kappa shape index (κ1) is 17.8. The van der Waals surface area contributed by atoms with Crippen LogP contribution in [0.1, 0.15) is 10.4 Å². The van der Waals surface area contributed by atoms with Crippen LogP contribution < -0.4 is 9.80 Å². The lowest BCUT2D eigenvalue weighted by atomic mass is 10.1. The summed E-state index contributed by atoms with van der Waals surface area (Å²) in [6.45, 7) is 2.97. The average molecular weight is 383 g/mol. The number of ether oxygens (including phenoxy) is 1. The molecule has 2 aromatic rings. The summed E-state index contributed by atoms with van der Waals surface area (Å²) in [5.74, 6) is -1.25. The smallest absolute Gasteiger partial charge is 0.340 e. The lowest BCUT2D eigenvalue weighted by Crippen LogP contribution is -2.46. The minimum absolute atomic E-state index is 0.0570. The predicted molar refractivity (Wildman–Crippen MR) is 98.6 cm³/mol. The SMILES string of the molecule is COC(=O)c1ccc(N2CCN(c3cc(Cl)cc(Cl)c3)CC2)cc1F. The quantitative estimate of drug-likeness (QED) is 0.743. The summed E-state index contributed by atoms with van der Waals surface area (Å²) < 4.78 is 18.7. The topological polar surface area (TPSA) is 32.8 Å². The average Bonchev–Trinajstić information content (AvgIpc) is 2.60. The summed E-state index contributed by atoms with van der Waals surface area (Å²) >= 11 is 12.1. The number of nitrogens with zero attached hydrogens (tertiary/aromatic N) is 2. The Labute approximate surface area is 155 Å². The van der Waals surface area contributed by atoms with E-state index in [-0.39, 0.29) is 5.56 Å². The van der Waals surface area contributed by atoms with E-state index in [1.54, 1.807) is 12.1 Å². The first-order chi connectivity index (χ1) is 12.0. The summed E-state index contributed by atoms with van der Waals surface area (Å²) in [6, 6.07) is 10.0. The Morgan fingerprint density at radius 1 is 0.960 bits per heavy atom. The third-order valence-electron chi connectivity index (χ3n) is 4.22. The van der Waals surface area contributed by atoms with Crippen LogP contribution in [0.3, 0.4) is 0 Å². The number of piperazine rings is 1. The Morgan fingerprint density at radius 2 is 1.52 bits per heavy atom. The number of rotatable bonds is 3. The van der Waals surface area contributed by atoms with Gasteiger partial charge in [-0.2, -0.15) is 0 Å². The number of carbonyl (C=O) groups excluding carboxylic acids is 1. The van der Waals surface area contributed by atoms with Crippen molar-refractivity contribution in [2.24, 2.45) is 0 Å². The van der Waals surface area contributed by atoms with E-state index >= 15 is 0 Å².